The molecule has 0 unspecified atom stereocenters. The highest BCUT2D eigenvalue weighted by Crippen LogP contribution is 2.29. The number of rotatable bonds is 3. The Kier molecular flexibility index (Phi) is 4.16. The number of benzene rings is 2. The van der Waals surface area contributed by atoms with Crippen LogP contribution in [0.3, 0.4) is 0 Å². The Balaban J connectivity index is 1.89. The Morgan fingerprint density at radius 3 is 2.67 bits per heavy atom. The van der Waals surface area contributed by atoms with Crippen LogP contribution >= 0.6 is 0 Å². The molecule has 1 aromatic heterocycles. The van der Waals surface area contributed by atoms with Gasteiger partial charge in [0.25, 0.3) is 0 Å². The molecule has 4 nitrogen and oxygen atoms in total. The molecule has 3 rings (SSSR count). The smallest absolute Gasteiger partial charge is 0.259 e. The van der Waals surface area contributed by atoms with E-state index < -0.39 is 11.7 Å². The average molecular weight is 330 g/mol. The van der Waals surface area contributed by atoms with Crippen molar-refractivity contribution in [2.24, 2.45) is 5.10 Å². The summed E-state index contributed by atoms with van der Waals surface area (Å²) in [5.74, 6) is 0.444. The number of aromatic nitrogens is 2. The van der Waals surface area contributed by atoms with E-state index in [9.17, 15) is 13.2 Å². The van der Waals surface area contributed by atoms with Gasteiger partial charge in [-0.2, -0.15) is 23.4 Å². The van der Waals surface area contributed by atoms with E-state index in [0.29, 0.717) is 17.1 Å². The van der Waals surface area contributed by atoms with E-state index in [1.165, 1.54) is 6.07 Å². The van der Waals surface area contributed by atoms with Crippen molar-refractivity contribution in [1.29, 1.82) is 0 Å². The minimum absolute atomic E-state index is 0.380. The summed E-state index contributed by atoms with van der Waals surface area (Å²) in [7, 11) is 0. The number of fused-ring (bicyclic) bond motifs is 1. The Morgan fingerprint density at radius 1 is 1.08 bits per heavy atom. The molecule has 0 bridgehead atoms. The largest absolute Gasteiger partial charge is 0.416 e. The van der Waals surface area contributed by atoms with Crippen LogP contribution in [0.1, 0.15) is 18.1 Å². The summed E-state index contributed by atoms with van der Waals surface area (Å²) in [5, 5.41) is 13.7. The van der Waals surface area contributed by atoms with Gasteiger partial charge in [0.2, 0.25) is 0 Å². The lowest BCUT2D eigenvalue weighted by Gasteiger charge is -2.09. The first kappa shape index (κ1) is 15.9. The van der Waals surface area contributed by atoms with Crippen LogP contribution in [-0.4, -0.2) is 15.9 Å². The van der Waals surface area contributed by atoms with Crippen LogP contribution in [-0.2, 0) is 6.18 Å². The lowest BCUT2D eigenvalue weighted by atomic mass is 10.1. The van der Waals surface area contributed by atoms with E-state index in [-0.39, 0.29) is 0 Å². The molecule has 0 radical (unpaired) electrons. The average Bonchev–Trinajstić information content (AvgIpc) is 2.59. The minimum Gasteiger partial charge on any atom is -0.259 e. The van der Waals surface area contributed by atoms with E-state index >= 15 is 0 Å². The van der Waals surface area contributed by atoms with Gasteiger partial charge in [-0.1, -0.05) is 36.4 Å². The van der Waals surface area contributed by atoms with E-state index in [0.717, 1.165) is 22.9 Å². The van der Waals surface area contributed by atoms with Gasteiger partial charge in [0.1, 0.15) is 0 Å². The highest BCUT2D eigenvalue weighted by Gasteiger charge is 2.30. The molecule has 1 heterocycles. The lowest BCUT2D eigenvalue weighted by Crippen LogP contribution is -2.07. The van der Waals surface area contributed by atoms with Gasteiger partial charge in [-0.05, 0) is 24.6 Å². The quantitative estimate of drug-likeness (QED) is 0.569. The van der Waals surface area contributed by atoms with Gasteiger partial charge < -0.3 is 0 Å². The molecular weight excluding hydrogens is 317 g/mol. The second-order valence-corrected chi connectivity index (χ2v) is 5.17. The predicted molar refractivity (Wildman–Crippen MR) is 86.8 cm³/mol. The van der Waals surface area contributed by atoms with Gasteiger partial charge in [0.15, 0.2) is 5.82 Å². The molecule has 3 aromatic rings. The minimum atomic E-state index is -4.38. The molecule has 24 heavy (non-hydrogen) atoms. The normalized spacial score (nSPS) is 12.4. The van der Waals surface area contributed by atoms with Crippen LogP contribution in [0.25, 0.3) is 10.8 Å². The van der Waals surface area contributed by atoms with E-state index in [4.69, 9.17) is 0 Å². The summed E-state index contributed by atoms with van der Waals surface area (Å²) in [5.41, 5.74) is 2.86. The van der Waals surface area contributed by atoms with Gasteiger partial charge in [-0.15, -0.1) is 5.10 Å². The van der Waals surface area contributed by atoms with Crippen molar-refractivity contribution >= 4 is 22.3 Å². The zero-order chi connectivity index (χ0) is 17.2. The van der Waals surface area contributed by atoms with Crippen LogP contribution in [0, 0.1) is 0 Å². The first-order valence-corrected chi connectivity index (χ1v) is 7.13. The van der Waals surface area contributed by atoms with Crippen molar-refractivity contribution in [2.45, 2.75) is 13.1 Å². The molecule has 7 heteroatoms. The fourth-order valence-corrected chi connectivity index (χ4v) is 2.23. The second kappa shape index (κ2) is 6.27. The first-order chi connectivity index (χ1) is 11.4. The maximum Gasteiger partial charge on any atom is 0.416 e. The predicted octanol–water partition coefficient (Wildman–Crippen LogP) is 4.48. The van der Waals surface area contributed by atoms with Crippen molar-refractivity contribution < 1.29 is 13.2 Å². The third-order valence-corrected chi connectivity index (χ3v) is 3.51. The maximum atomic E-state index is 12.8. The summed E-state index contributed by atoms with van der Waals surface area (Å²) >= 11 is 0. The number of hydrogen-bond acceptors (Lipinski definition) is 4. The van der Waals surface area contributed by atoms with Crippen LogP contribution in [0.2, 0.25) is 0 Å². The number of hydrazone groups is 1. The summed E-state index contributed by atoms with van der Waals surface area (Å²) < 4.78 is 38.3. The fraction of sp³-hybridized carbons (Fsp3) is 0.118. The van der Waals surface area contributed by atoms with Crippen molar-refractivity contribution in [3.8, 4) is 0 Å². The number of hydrogen-bond donors (Lipinski definition) is 1. The molecule has 0 atom stereocenters. The van der Waals surface area contributed by atoms with Crippen LogP contribution in [0.5, 0.6) is 0 Å². The summed E-state index contributed by atoms with van der Waals surface area (Å²) in [4.78, 5) is 0. The van der Waals surface area contributed by atoms with Gasteiger partial charge in [-0.25, -0.2) is 0 Å². The molecule has 2 aromatic carbocycles. The van der Waals surface area contributed by atoms with E-state index in [1.54, 1.807) is 19.2 Å². The third kappa shape index (κ3) is 3.34. The fourth-order valence-electron chi connectivity index (χ4n) is 2.23. The van der Waals surface area contributed by atoms with E-state index in [2.05, 4.69) is 20.7 Å². The highest BCUT2D eigenvalue weighted by molar-refractivity contribution is 5.99. The third-order valence-electron chi connectivity index (χ3n) is 3.51. The molecule has 1 N–H and O–H groups in total. The van der Waals surface area contributed by atoms with E-state index in [1.807, 2.05) is 24.3 Å². The number of halogens is 3. The SMILES string of the molecule is CC(=NNc1nncc2ccccc12)c1cccc(C(F)(F)F)c1. The van der Waals surface area contributed by atoms with Gasteiger partial charge >= 0.3 is 6.18 Å². The molecule has 0 saturated heterocycles. The standard InChI is InChI=1S/C17H13F3N4/c1-11(12-6-4-7-14(9-12)17(18,19)20)22-24-16-15-8-3-2-5-13(15)10-21-23-16/h2-10H,1H3,(H,23,24). The molecule has 0 aliphatic heterocycles. The Bertz CT molecular complexity index is 898. The Labute approximate surface area is 136 Å². The van der Waals surface area contributed by atoms with Crippen molar-refractivity contribution in [3.63, 3.8) is 0 Å². The van der Waals surface area contributed by atoms with Crippen LogP contribution < -0.4 is 5.43 Å². The maximum absolute atomic E-state index is 12.8. The second-order valence-electron chi connectivity index (χ2n) is 5.17. The monoisotopic (exact) mass is 330 g/mol. The molecule has 122 valence electrons. The molecule has 0 amide bonds. The van der Waals surface area contributed by atoms with Crippen molar-refractivity contribution in [1.82, 2.24) is 10.2 Å². The molecular formula is C17H13F3N4. The van der Waals surface area contributed by atoms with Crippen molar-refractivity contribution in [3.05, 3.63) is 65.9 Å². The lowest BCUT2D eigenvalue weighted by molar-refractivity contribution is -0.137. The number of nitrogens with zero attached hydrogens (tertiary/aromatic N) is 3. The molecule has 0 fully saturated rings. The summed E-state index contributed by atoms with van der Waals surface area (Å²) in [6.45, 7) is 1.63. The van der Waals surface area contributed by atoms with Crippen molar-refractivity contribution in [2.75, 3.05) is 5.43 Å². The van der Waals surface area contributed by atoms with Gasteiger partial charge in [-0.3, -0.25) is 5.43 Å². The molecule has 0 aliphatic carbocycles. The van der Waals surface area contributed by atoms with Crippen LogP contribution in [0.15, 0.2) is 59.8 Å². The number of anilines is 1. The zero-order valence-corrected chi connectivity index (χ0v) is 12.7. The topological polar surface area (TPSA) is 50.2 Å². The molecule has 0 spiro atoms. The molecule has 0 saturated carbocycles. The van der Waals surface area contributed by atoms with Crippen LogP contribution in [0.4, 0.5) is 19.0 Å². The summed E-state index contributed by atoms with van der Waals surface area (Å²) in [6, 6.07) is 12.5. The van der Waals surface area contributed by atoms with Gasteiger partial charge in [0.05, 0.1) is 17.5 Å². The summed E-state index contributed by atoms with van der Waals surface area (Å²) in [6.07, 6.45) is -2.76. The van der Waals surface area contributed by atoms with Gasteiger partial charge in [0, 0.05) is 10.8 Å². The highest BCUT2D eigenvalue weighted by atomic mass is 19.4. The Hall–Kier alpha value is -2.96. The number of nitrogens with one attached hydrogen (secondary N) is 1. The molecule has 0 aliphatic rings. The first-order valence-electron chi connectivity index (χ1n) is 7.13. The number of alkyl halides is 3. The zero-order valence-electron chi connectivity index (χ0n) is 12.7. The Morgan fingerprint density at radius 2 is 1.88 bits per heavy atom.